The molecule has 15 heavy (non-hydrogen) atoms. The highest BCUT2D eigenvalue weighted by atomic mass is 79.9. The summed E-state index contributed by atoms with van der Waals surface area (Å²) in [4.78, 5) is 0. The molecule has 0 bridgehead atoms. The van der Waals surface area contributed by atoms with Crippen LogP contribution in [0.2, 0.25) is 0 Å². The first kappa shape index (κ1) is 10.9. The molecule has 1 aromatic carbocycles. The first-order valence-corrected chi connectivity index (χ1v) is 5.28. The van der Waals surface area contributed by atoms with E-state index in [9.17, 15) is 4.39 Å². The van der Waals surface area contributed by atoms with E-state index in [4.69, 9.17) is 14.2 Å². The van der Waals surface area contributed by atoms with Crippen molar-refractivity contribution < 1.29 is 18.6 Å². The predicted molar refractivity (Wildman–Crippen MR) is 55.3 cm³/mol. The highest BCUT2D eigenvalue weighted by molar-refractivity contribution is 9.10. The van der Waals surface area contributed by atoms with Gasteiger partial charge in [-0.25, -0.2) is 4.39 Å². The molecule has 1 aromatic rings. The fourth-order valence-electron chi connectivity index (χ4n) is 1.51. The van der Waals surface area contributed by atoms with E-state index >= 15 is 0 Å². The molecule has 1 fully saturated rings. The summed E-state index contributed by atoms with van der Waals surface area (Å²) in [6.07, 6.45) is -0.535. The second kappa shape index (κ2) is 4.47. The smallest absolute Gasteiger partial charge is 0.187 e. The van der Waals surface area contributed by atoms with Gasteiger partial charge in [0.25, 0.3) is 0 Å². The maximum atomic E-state index is 13.5. The second-order valence-corrected chi connectivity index (χ2v) is 4.00. The first-order valence-electron chi connectivity index (χ1n) is 4.48. The fraction of sp³-hybridized carbons (Fsp3) is 0.400. The minimum absolute atomic E-state index is 0.171. The zero-order valence-corrected chi connectivity index (χ0v) is 9.71. The first-order chi connectivity index (χ1) is 7.22. The molecule has 2 rings (SSSR count). The van der Waals surface area contributed by atoms with E-state index in [-0.39, 0.29) is 5.75 Å². The van der Waals surface area contributed by atoms with Crippen LogP contribution in [0, 0.1) is 5.82 Å². The van der Waals surface area contributed by atoms with E-state index in [1.54, 1.807) is 6.07 Å². The average molecular weight is 277 g/mol. The van der Waals surface area contributed by atoms with E-state index in [2.05, 4.69) is 15.9 Å². The zero-order valence-electron chi connectivity index (χ0n) is 8.13. The maximum absolute atomic E-state index is 13.5. The van der Waals surface area contributed by atoms with Crippen LogP contribution in [0.5, 0.6) is 5.75 Å². The Morgan fingerprint density at radius 1 is 1.40 bits per heavy atom. The van der Waals surface area contributed by atoms with Gasteiger partial charge in [0.2, 0.25) is 0 Å². The number of benzene rings is 1. The van der Waals surface area contributed by atoms with Crippen LogP contribution in [-0.4, -0.2) is 20.3 Å². The molecule has 3 nitrogen and oxygen atoms in total. The third-order valence-corrected chi connectivity index (χ3v) is 2.57. The van der Waals surface area contributed by atoms with E-state index in [0.29, 0.717) is 23.2 Å². The van der Waals surface area contributed by atoms with Gasteiger partial charge in [-0.3, -0.25) is 0 Å². The SMILES string of the molecule is COc1c(F)cc(Br)cc1C1OCCO1. The topological polar surface area (TPSA) is 27.7 Å². The van der Waals surface area contributed by atoms with Crippen LogP contribution >= 0.6 is 15.9 Å². The summed E-state index contributed by atoms with van der Waals surface area (Å²) >= 11 is 3.22. The summed E-state index contributed by atoms with van der Waals surface area (Å²) < 4.78 is 29.7. The third-order valence-electron chi connectivity index (χ3n) is 2.12. The maximum Gasteiger partial charge on any atom is 0.187 e. The standard InChI is InChI=1S/C10H10BrFO3/c1-13-9-7(10-14-2-3-15-10)4-6(11)5-8(9)12/h4-5,10H,2-3H2,1H3. The molecule has 1 saturated heterocycles. The van der Waals surface area contributed by atoms with Gasteiger partial charge >= 0.3 is 0 Å². The van der Waals surface area contributed by atoms with Crippen LogP contribution in [0.1, 0.15) is 11.9 Å². The summed E-state index contributed by atoms with van der Waals surface area (Å²) in [5, 5.41) is 0. The van der Waals surface area contributed by atoms with Crippen LogP contribution in [-0.2, 0) is 9.47 Å². The van der Waals surface area contributed by atoms with E-state index < -0.39 is 12.1 Å². The lowest BCUT2D eigenvalue weighted by molar-refractivity contribution is -0.0458. The summed E-state index contributed by atoms with van der Waals surface area (Å²) in [6, 6.07) is 3.08. The molecule has 1 heterocycles. The lowest BCUT2D eigenvalue weighted by Gasteiger charge is -2.14. The normalized spacial score (nSPS) is 17.0. The molecule has 1 aliphatic rings. The van der Waals surface area contributed by atoms with Crippen molar-refractivity contribution >= 4 is 15.9 Å². The highest BCUT2D eigenvalue weighted by Gasteiger charge is 2.24. The molecule has 0 N–H and O–H groups in total. The average Bonchev–Trinajstić information content (AvgIpc) is 2.69. The molecule has 1 aliphatic heterocycles. The molecular formula is C10H10BrFO3. The molecule has 0 aliphatic carbocycles. The van der Waals surface area contributed by atoms with Gasteiger partial charge in [-0.15, -0.1) is 0 Å². The number of ether oxygens (including phenoxy) is 3. The number of hydrogen-bond donors (Lipinski definition) is 0. The van der Waals surface area contributed by atoms with Gasteiger partial charge < -0.3 is 14.2 Å². The number of hydrogen-bond acceptors (Lipinski definition) is 3. The lowest BCUT2D eigenvalue weighted by Crippen LogP contribution is -2.03. The number of rotatable bonds is 2. The van der Waals surface area contributed by atoms with Gasteiger partial charge in [0.05, 0.1) is 25.9 Å². The zero-order chi connectivity index (χ0) is 10.8. The minimum atomic E-state index is -0.535. The van der Waals surface area contributed by atoms with Crippen molar-refractivity contribution in [3.63, 3.8) is 0 Å². The molecule has 0 aromatic heterocycles. The van der Waals surface area contributed by atoms with E-state index in [0.717, 1.165) is 0 Å². The van der Waals surface area contributed by atoms with Gasteiger partial charge in [-0.05, 0) is 12.1 Å². The van der Waals surface area contributed by atoms with Crippen molar-refractivity contribution in [3.05, 3.63) is 28.0 Å². The van der Waals surface area contributed by atoms with Crippen LogP contribution in [0.4, 0.5) is 4.39 Å². The van der Waals surface area contributed by atoms with E-state index in [1.165, 1.54) is 13.2 Å². The summed E-state index contributed by atoms with van der Waals surface area (Å²) in [7, 11) is 1.42. The van der Waals surface area contributed by atoms with Crippen molar-refractivity contribution in [2.45, 2.75) is 6.29 Å². The molecule has 5 heteroatoms. The molecule has 0 amide bonds. The largest absolute Gasteiger partial charge is 0.493 e. The van der Waals surface area contributed by atoms with Crippen LogP contribution in [0.3, 0.4) is 0 Å². The highest BCUT2D eigenvalue weighted by Crippen LogP contribution is 2.35. The van der Waals surface area contributed by atoms with Crippen LogP contribution in [0.25, 0.3) is 0 Å². The summed E-state index contributed by atoms with van der Waals surface area (Å²) in [6.45, 7) is 1.03. The van der Waals surface area contributed by atoms with Gasteiger partial charge in [0, 0.05) is 4.47 Å². The molecule has 0 saturated carbocycles. The molecule has 0 spiro atoms. The Morgan fingerprint density at radius 3 is 2.67 bits per heavy atom. The fourth-order valence-corrected chi connectivity index (χ4v) is 1.96. The Kier molecular flexibility index (Phi) is 3.23. The van der Waals surface area contributed by atoms with Crippen molar-refractivity contribution in [2.24, 2.45) is 0 Å². The van der Waals surface area contributed by atoms with Crippen molar-refractivity contribution in [2.75, 3.05) is 20.3 Å². The molecule has 0 atom stereocenters. The lowest BCUT2D eigenvalue weighted by atomic mass is 10.2. The van der Waals surface area contributed by atoms with Crippen molar-refractivity contribution in [3.8, 4) is 5.75 Å². The van der Waals surface area contributed by atoms with Gasteiger partial charge in [0.15, 0.2) is 17.9 Å². The second-order valence-electron chi connectivity index (χ2n) is 3.08. The Labute approximate surface area is 95.3 Å². The third kappa shape index (κ3) is 2.14. The monoisotopic (exact) mass is 276 g/mol. The Bertz CT molecular complexity index is 364. The number of methoxy groups -OCH3 is 1. The van der Waals surface area contributed by atoms with E-state index in [1.807, 2.05) is 0 Å². The van der Waals surface area contributed by atoms with Gasteiger partial charge in [-0.1, -0.05) is 15.9 Å². The van der Waals surface area contributed by atoms with Crippen LogP contribution < -0.4 is 4.74 Å². The predicted octanol–water partition coefficient (Wildman–Crippen LogP) is 2.64. The Morgan fingerprint density at radius 2 is 2.07 bits per heavy atom. The van der Waals surface area contributed by atoms with Gasteiger partial charge in [-0.2, -0.15) is 0 Å². The van der Waals surface area contributed by atoms with Crippen molar-refractivity contribution in [1.29, 1.82) is 0 Å². The Balaban J connectivity index is 2.42. The molecule has 82 valence electrons. The minimum Gasteiger partial charge on any atom is -0.493 e. The van der Waals surface area contributed by atoms with Crippen molar-refractivity contribution in [1.82, 2.24) is 0 Å². The quantitative estimate of drug-likeness (QED) is 0.831. The number of halogens is 2. The summed E-state index contributed by atoms with van der Waals surface area (Å²) in [5.41, 5.74) is 0.571. The molecule has 0 radical (unpaired) electrons. The van der Waals surface area contributed by atoms with Crippen LogP contribution in [0.15, 0.2) is 16.6 Å². The van der Waals surface area contributed by atoms with Gasteiger partial charge in [0.1, 0.15) is 0 Å². The molecule has 0 unspecified atom stereocenters. The molecular weight excluding hydrogens is 267 g/mol. The summed E-state index contributed by atoms with van der Waals surface area (Å²) in [5.74, 6) is -0.258. The Hall–Kier alpha value is -0.650.